The molecule has 3 atom stereocenters. The Morgan fingerprint density at radius 3 is 2.55 bits per heavy atom. The normalized spacial score (nSPS) is 20.3. The lowest BCUT2D eigenvalue weighted by Gasteiger charge is -2.38. The molecular formula is C29H29N9O2. The second kappa shape index (κ2) is 9.83. The van der Waals surface area contributed by atoms with Gasteiger partial charge in [-0.15, -0.1) is 10.2 Å². The van der Waals surface area contributed by atoms with Crippen molar-refractivity contribution < 1.29 is 9.53 Å². The Hall–Kier alpha value is -4.64. The molecule has 2 aliphatic rings. The van der Waals surface area contributed by atoms with Crippen molar-refractivity contribution in [2.45, 2.75) is 50.3 Å². The number of nitrogen functional groups attached to an aromatic ring is 1. The molecule has 2 aliphatic heterocycles. The molecule has 4 aromatic heterocycles. The summed E-state index contributed by atoms with van der Waals surface area (Å²) >= 11 is 0. The number of nitrogens with one attached hydrogen (secondary N) is 1. The van der Waals surface area contributed by atoms with Crippen LogP contribution in [0.25, 0.3) is 28.0 Å². The van der Waals surface area contributed by atoms with Gasteiger partial charge < -0.3 is 20.4 Å². The molecule has 7 rings (SSSR count). The van der Waals surface area contributed by atoms with Crippen molar-refractivity contribution in [1.82, 2.24) is 39.7 Å². The van der Waals surface area contributed by atoms with Gasteiger partial charge in [-0.05, 0) is 31.7 Å². The molecule has 6 heterocycles. The number of nitrogens with two attached hydrogens (primary N) is 1. The van der Waals surface area contributed by atoms with E-state index >= 15 is 0 Å². The number of aromatic amines is 1. The lowest BCUT2D eigenvalue weighted by molar-refractivity contribution is 0.0556. The summed E-state index contributed by atoms with van der Waals surface area (Å²) in [6, 6.07) is 14.3. The standard InChI is InChI=1S/C29H29N9O2/c1-40-15-23-25(19-11-20-8-9-21(12-19)37(20)29(39)27-32-16-33-36-27)35-28-22(14-34-38(28)26(23)30)18-7-10-24(31-13-18)17-5-3-2-4-6-17/h2-7,10,13-14,16,19-21H,8-9,11-12,15,30H2,1H3,(H,32,33,36)/t19-,20-,21+. The summed E-state index contributed by atoms with van der Waals surface area (Å²) in [4.78, 5) is 27.9. The minimum Gasteiger partial charge on any atom is -0.383 e. The monoisotopic (exact) mass is 535 g/mol. The Bertz CT molecular complexity index is 1650. The van der Waals surface area contributed by atoms with Crippen molar-refractivity contribution in [2.24, 2.45) is 0 Å². The van der Waals surface area contributed by atoms with Gasteiger partial charge in [-0.3, -0.25) is 9.78 Å². The zero-order valence-electron chi connectivity index (χ0n) is 22.1. The van der Waals surface area contributed by atoms with E-state index in [-0.39, 0.29) is 29.7 Å². The number of pyridine rings is 1. The van der Waals surface area contributed by atoms with E-state index in [1.54, 1.807) is 17.8 Å². The summed E-state index contributed by atoms with van der Waals surface area (Å²) in [7, 11) is 1.66. The molecule has 0 aliphatic carbocycles. The number of aromatic nitrogens is 7. The first-order valence-electron chi connectivity index (χ1n) is 13.5. The van der Waals surface area contributed by atoms with Crippen LogP contribution in [-0.4, -0.2) is 64.8 Å². The van der Waals surface area contributed by atoms with Gasteiger partial charge in [0.15, 0.2) is 5.65 Å². The van der Waals surface area contributed by atoms with Crippen molar-refractivity contribution in [2.75, 3.05) is 12.8 Å². The van der Waals surface area contributed by atoms with E-state index in [1.807, 2.05) is 53.6 Å². The highest BCUT2D eigenvalue weighted by atomic mass is 16.5. The average molecular weight is 536 g/mol. The van der Waals surface area contributed by atoms with Crippen LogP contribution in [0.15, 0.2) is 61.2 Å². The number of nitrogens with zero attached hydrogens (tertiary/aromatic N) is 7. The first kappa shape index (κ1) is 24.4. The van der Waals surface area contributed by atoms with Crippen LogP contribution in [0.3, 0.4) is 0 Å². The van der Waals surface area contributed by atoms with Crippen molar-refractivity contribution in [3.05, 3.63) is 78.3 Å². The lowest BCUT2D eigenvalue weighted by atomic mass is 9.86. The number of methoxy groups -OCH3 is 1. The molecule has 202 valence electrons. The molecule has 11 nitrogen and oxygen atoms in total. The number of carbonyl (C=O) groups is 1. The fourth-order valence-electron chi connectivity index (χ4n) is 6.40. The van der Waals surface area contributed by atoms with Crippen LogP contribution in [0.4, 0.5) is 5.82 Å². The third-order valence-electron chi connectivity index (χ3n) is 8.22. The maximum atomic E-state index is 13.2. The van der Waals surface area contributed by atoms with E-state index in [0.29, 0.717) is 18.1 Å². The van der Waals surface area contributed by atoms with Crippen molar-refractivity contribution in [3.63, 3.8) is 0 Å². The molecule has 11 heteroatoms. The highest BCUT2D eigenvalue weighted by Crippen LogP contribution is 2.45. The predicted molar refractivity (Wildman–Crippen MR) is 148 cm³/mol. The number of hydrogen-bond acceptors (Lipinski definition) is 8. The first-order chi connectivity index (χ1) is 19.6. The van der Waals surface area contributed by atoms with Gasteiger partial charge in [0.25, 0.3) is 5.91 Å². The van der Waals surface area contributed by atoms with E-state index in [2.05, 4.69) is 20.3 Å². The summed E-state index contributed by atoms with van der Waals surface area (Å²) in [5, 5.41) is 12.3. The SMILES string of the molecule is COCc1c([C@@H]2C[C@H]3CC[C@@H](C2)N3C(=O)c2nnc[nH]2)nc2c(-c3ccc(-c4ccccc4)nc3)cnn2c1N. The predicted octanol–water partition coefficient (Wildman–Crippen LogP) is 3.86. The molecular weight excluding hydrogens is 506 g/mol. The van der Waals surface area contributed by atoms with Gasteiger partial charge in [0.05, 0.1) is 24.2 Å². The van der Waals surface area contributed by atoms with Gasteiger partial charge >= 0.3 is 0 Å². The van der Waals surface area contributed by atoms with Crippen LogP contribution in [0.1, 0.15) is 53.5 Å². The number of amides is 1. The minimum atomic E-state index is -0.0898. The molecule has 5 aromatic rings. The fraction of sp³-hybridized carbons (Fsp3) is 0.310. The molecule has 0 spiro atoms. The van der Waals surface area contributed by atoms with Crippen LogP contribution in [0, 0.1) is 0 Å². The molecule has 2 fully saturated rings. The zero-order chi connectivity index (χ0) is 27.2. The molecule has 0 saturated carbocycles. The summed E-state index contributed by atoms with van der Waals surface area (Å²) in [6.07, 6.45) is 8.59. The van der Waals surface area contributed by atoms with Crippen molar-refractivity contribution >= 4 is 17.4 Å². The van der Waals surface area contributed by atoms with E-state index in [9.17, 15) is 4.79 Å². The molecule has 1 aromatic carbocycles. The van der Waals surface area contributed by atoms with Crippen LogP contribution in [-0.2, 0) is 11.3 Å². The van der Waals surface area contributed by atoms with Gasteiger partial charge in [-0.25, -0.2) is 4.98 Å². The number of benzene rings is 1. The number of rotatable bonds is 6. The van der Waals surface area contributed by atoms with Gasteiger partial charge in [0.2, 0.25) is 5.82 Å². The Labute approximate surface area is 230 Å². The number of fused-ring (bicyclic) bond motifs is 3. The molecule has 2 saturated heterocycles. The largest absolute Gasteiger partial charge is 0.383 e. The second-order valence-electron chi connectivity index (χ2n) is 10.5. The molecule has 1 amide bonds. The van der Waals surface area contributed by atoms with Crippen LogP contribution >= 0.6 is 0 Å². The Morgan fingerprint density at radius 1 is 1.07 bits per heavy atom. The average Bonchev–Trinajstić information content (AvgIpc) is 3.73. The van der Waals surface area contributed by atoms with Gasteiger partial charge in [0, 0.05) is 53.6 Å². The lowest BCUT2D eigenvalue weighted by Crippen LogP contribution is -2.46. The number of piperidine rings is 1. The van der Waals surface area contributed by atoms with E-state index < -0.39 is 0 Å². The van der Waals surface area contributed by atoms with Crippen LogP contribution in [0.2, 0.25) is 0 Å². The van der Waals surface area contributed by atoms with Gasteiger partial charge in [-0.1, -0.05) is 36.4 Å². The molecule has 0 radical (unpaired) electrons. The van der Waals surface area contributed by atoms with Crippen LogP contribution in [0.5, 0.6) is 0 Å². The van der Waals surface area contributed by atoms with E-state index in [0.717, 1.165) is 59.3 Å². The van der Waals surface area contributed by atoms with E-state index in [1.165, 1.54) is 6.33 Å². The highest BCUT2D eigenvalue weighted by molar-refractivity contribution is 5.91. The highest BCUT2D eigenvalue weighted by Gasteiger charge is 2.45. The number of ether oxygens (including phenoxy) is 1. The Kier molecular flexibility index (Phi) is 6.00. The third-order valence-corrected chi connectivity index (χ3v) is 8.22. The van der Waals surface area contributed by atoms with Crippen molar-refractivity contribution in [1.29, 1.82) is 0 Å². The Balaban J connectivity index is 1.25. The van der Waals surface area contributed by atoms with Crippen LogP contribution < -0.4 is 5.73 Å². The van der Waals surface area contributed by atoms with E-state index in [4.69, 9.17) is 20.4 Å². The van der Waals surface area contributed by atoms with Gasteiger partial charge in [-0.2, -0.15) is 9.61 Å². The second-order valence-corrected chi connectivity index (χ2v) is 10.5. The maximum absolute atomic E-state index is 13.2. The number of H-pyrrole nitrogens is 1. The summed E-state index contributed by atoms with van der Waals surface area (Å²) < 4.78 is 7.25. The number of anilines is 1. The molecule has 2 bridgehead atoms. The molecule has 3 N–H and O–H groups in total. The first-order valence-corrected chi connectivity index (χ1v) is 13.5. The Morgan fingerprint density at radius 2 is 1.88 bits per heavy atom. The minimum absolute atomic E-state index is 0.0898. The zero-order valence-corrected chi connectivity index (χ0v) is 22.1. The third kappa shape index (κ3) is 4.01. The topological polar surface area (TPSA) is 140 Å². The fourth-order valence-corrected chi connectivity index (χ4v) is 6.40. The summed E-state index contributed by atoms with van der Waals surface area (Å²) in [5.74, 6) is 0.854. The number of carbonyl (C=O) groups excluding carboxylic acids is 1. The van der Waals surface area contributed by atoms with Crippen molar-refractivity contribution in [3.8, 4) is 22.4 Å². The quantitative estimate of drug-likeness (QED) is 0.334. The summed E-state index contributed by atoms with van der Waals surface area (Å²) in [5.41, 5.74) is 12.9. The smallest absolute Gasteiger partial charge is 0.292 e. The van der Waals surface area contributed by atoms with Gasteiger partial charge in [0.1, 0.15) is 12.1 Å². The molecule has 0 unspecified atom stereocenters. The maximum Gasteiger partial charge on any atom is 0.292 e. The molecule has 40 heavy (non-hydrogen) atoms. The summed E-state index contributed by atoms with van der Waals surface area (Å²) in [6.45, 7) is 0.333. The number of hydrogen-bond donors (Lipinski definition) is 2.